The summed E-state index contributed by atoms with van der Waals surface area (Å²) in [5.41, 5.74) is -6.69. The van der Waals surface area contributed by atoms with E-state index in [4.69, 9.17) is 14.2 Å². The Hall–Kier alpha value is -4.43. The second kappa shape index (κ2) is 14.1. The van der Waals surface area contributed by atoms with Crippen molar-refractivity contribution in [3.8, 4) is 22.8 Å². The molecule has 2 atom stereocenters. The molecule has 256 valence electrons. The van der Waals surface area contributed by atoms with Crippen LogP contribution in [-0.2, 0) is 15.9 Å². The van der Waals surface area contributed by atoms with Gasteiger partial charge in [0.05, 0.1) is 36.7 Å². The molecular formula is C33H39F4N3O7. The zero-order valence-electron chi connectivity index (χ0n) is 27.1. The van der Waals surface area contributed by atoms with Crippen LogP contribution in [0.1, 0.15) is 63.2 Å². The van der Waals surface area contributed by atoms with E-state index in [2.05, 4.69) is 15.6 Å². The minimum Gasteiger partial charge on any atom is -0.493 e. The molecule has 1 unspecified atom stereocenters. The third kappa shape index (κ3) is 9.55. The molecule has 0 spiro atoms. The number of hydrogen-bond donors (Lipinski definition) is 4. The van der Waals surface area contributed by atoms with Crippen molar-refractivity contribution in [2.45, 2.75) is 70.6 Å². The summed E-state index contributed by atoms with van der Waals surface area (Å²) >= 11 is 0. The first-order chi connectivity index (χ1) is 21.6. The minimum atomic E-state index is -5.36. The highest BCUT2D eigenvalue weighted by molar-refractivity contribution is 5.95. The Morgan fingerprint density at radius 2 is 1.60 bits per heavy atom. The number of carbonyl (C=O) groups is 2. The molecule has 2 amide bonds. The van der Waals surface area contributed by atoms with Crippen LogP contribution in [0.5, 0.6) is 11.5 Å². The molecular weight excluding hydrogens is 626 g/mol. The number of amides is 2. The van der Waals surface area contributed by atoms with Crippen LogP contribution in [0.2, 0.25) is 0 Å². The predicted molar refractivity (Wildman–Crippen MR) is 164 cm³/mol. The number of pyridine rings is 1. The summed E-state index contributed by atoms with van der Waals surface area (Å²) in [6, 6.07) is 11.0. The maximum Gasteiger partial charge on any atom is 0.424 e. The van der Waals surface area contributed by atoms with Crippen molar-refractivity contribution in [1.29, 1.82) is 0 Å². The van der Waals surface area contributed by atoms with Crippen molar-refractivity contribution in [2.24, 2.45) is 0 Å². The van der Waals surface area contributed by atoms with Crippen LogP contribution >= 0.6 is 0 Å². The molecule has 2 aromatic carbocycles. The van der Waals surface area contributed by atoms with E-state index in [1.807, 2.05) is 0 Å². The smallest absolute Gasteiger partial charge is 0.424 e. The topological polar surface area (TPSA) is 139 Å². The van der Waals surface area contributed by atoms with E-state index in [0.29, 0.717) is 0 Å². The molecule has 0 saturated carbocycles. The number of alkyl halides is 3. The van der Waals surface area contributed by atoms with Gasteiger partial charge in [-0.3, -0.25) is 4.79 Å². The summed E-state index contributed by atoms with van der Waals surface area (Å²) in [5.74, 6) is -1.29. The number of nitrogens with one attached hydrogen (secondary N) is 2. The highest BCUT2D eigenvalue weighted by atomic mass is 19.4. The summed E-state index contributed by atoms with van der Waals surface area (Å²) in [5, 5.41) is 25.5. The highest BCUT2D eigenvalue weighted by Crippen LogP contribution is 2.40. The highest BCUT2D eigenvalue weighted by Gasteiger charge is 2.56. The average Bonchev–Trinajstić information content (AvgIpc) is 2.96. The maximum absolute atomic E-state index is 14.7. The van der Waals surface area contributed by atoms with Crippen LogP contribution in [0.25, 0.3) is 11.3 Å². The van der Waals surface area contributed by atoms with Gasteiger partial charge in [0.25, 0.3) is 5.91 Å². The number of ether oxygens (including phenoxy) is 3. The minimum absolute atomic E-state index is 0.0666. The number of aliphatic hydroxyl groups excluding tert-OH is 1. The number of halogens is 4. The van der Waals surface area contributed by atoms with Crippen LogP contribution in [0.3, 0.4) is 0 Å². The number of aliphatic hydroxyl groups is 2. The quantitative estimate of drug-likeness (QED) is 0.194. The first kappa shape index (κ1) is 37.0. The van der Waals surface area contributed by atoms with Gasteiger partial charge in [-0.1, -0.05) is 0 Å². The zero-order valence-corrected chi connectivity index (χ0v) is 27.1. The molecule has 14 heteroatoms. The molecule has 3 aromatic rings. The number of hydrogen-bond acceptors (Lipinski definition) is 8. The van der Waals surface area contributed by atoms with Crippen molar-refractivity contribution >= 4 is 12.0 Å². The number of aromatic nitrogens is 1. The lowest BCUT2D eigenvalue weighted by Gasteiger charge is -2.33. The Kier molecular flexibility index (Phi) is 11.1. The second-order valence-electron chi connectivity index (χ2n) is 12.5. The normalized spacial score (nSPS) is 14.1. The van der Waals surface area contributed by atoms with E-state index >= 15 is 0 Å². The fraction of sp³-hybridized carbons (Fsp3) is 0.424. The van der Waals surface area contributed by atoms with Crippen molar-refractivity contribution in [2.75, 3.05) is 20.3 Å². The van der Waals surface area contributed by atoms with Gasteiger partial charge < -0.3 is 35.1 Å². The Balaban J connectivity index is 2.05. The Morgan fingerprint density at radius 3 is 2.15 bits per heavy atom. The van der Waals surface area contributed by atoms with Gasteiger partial charge in [-0.2, -0.15) is 13.2 Å². The fourth-order valence-electron chi connectivity index (χ4n) is 4.29. The summed E-state index contributed by atoms with van der Waals surface area (Å²) in [7, 11) is 1.30. The molecule has 10 nitrogen and oxygen atoms in total. The SMILES string of the molecule is COc1cc(C(=O)NCC(O)(c2cc(C(C)(C)NC(=O)OC(C)(C)C)cc(-c3ccc(F)cc3)n2)C(F)(F)F)ccc1OC[C@@H](C)O. The Morgan fingerprint density at radius 1 is 0.957 bits per heavy atom. The van der Waals surface area contributed by atoms with Gasteiger partial charge in [-0.05, 0) is 102 Å². The molecule has 0 saturated heterocycles. The van der Waals surface area contributed by atoms with Crippen molar-refractivity contribution in [3.05, 3.63) is 77.2 Å². The number of rotatable bonds is 11. The lowest BCUT2D eigenvalue weighted by Crippen LogP contribution is -2.52. The summed E-state index contributed by atoms with van der Waals surface area (Å²) < 4.78 is 73.9. The van der Waals surface area contributed by atoms with E-state index in [1.54, 1.807) is 20.8 Å². The molecule has 0 bridgehead atoms. The van der Waals surface area contributed by atoms with Crippen LogP contribution in [0.4, 0.5) is 22.4 Å². The molecule has 0 aliphatic rings. The van der Waals surface area contributed by atoms with E-state index < -0.39 is 59.1 Å². The van der Waals surface area contributed by atoms with Gasteiger partial charge in [0.1, 0.15) is 18.0 Å². The Bertz CT molecular complexity index is 1570. The monoisotopic (exact) mass is 665 g/mol. The summed E-state index contributed by atoms with van der Waals surface area (Å²) in [4.78, 5) is 29.8. The lowest BCUT2D eigenvalue weighted by molar-refractivity contribution is -0.265. The molecule has 0 aliphatic carbocycles. The molecule has 3 rings (SSSR count). The van der Waals surface area contributed by atoms with E-state index in [9.17, 15) is 37.4 Å². The van der Waals surface area contributed by atoms with E-state index in [-0.39, 0.29) is 40.5 Å². The van der Waals surface area contributed by atoms with Crippen LogP contribution in [0.15, 0.2) is 54.6 Å². The number of carbonyl (C=O) groups excluding carboxylic acids is 2. The summed E-state index contributed by atoms with van der Waals surface area (Å²) in [6.45, 7) is 8.04. The number of nitrogens with zero attached hydrogens (tertiary/aromatic N) is 1. The zero-order chi connectivity index (χ0) is 35.4. The van der Waals surface area contributed by atoms with Gasteiger partial charge in [-0.25, -0.2) is 14.2 Å². The van der Waals surface area contributed by atoms with Crippen molar-refractivity contribution < 1.29 is 51.6 Å². The van der Waals surface area contributed by atoms with Crippen LogP contribution in [0, 0.1) is 5.82 Å². The van der Waals surface area contributed by atoms with Gasteiger partial charge in [0.15, 0.2) is 11.5 Å². The van der Waals surface area contributed by atoms with Gasteiger partial charge in [0.2, 0.25) is 5.60 Å². The molecule has 4 N–H and O–H groups in total. The van der Waals surface area contributed by atoms with Crippen LogP contribution in [-0.4, -0.2) is 65.3 Å². The first-order valence-electron chi connectivity index (χ1n) is 14.5. The second-order valence-corrected chi connectivity index (χ2v) is 12.5. The predicted octanol–water partition coefficient (Wildman–Crippen LogP) is 5.60. The molecule has 1 aromatic heterocycles. The largest absolute Gasteiger partial charge is 0.493 e. The first-order valence-corrected chi connectivity index (χ1v) is 14.5. The van der Waals surface area contributed by atoms with Gasteiger partial charge in [-0.15, -0.1) is 0 Å². The maximum atomic E-state index is 14.7. The summed E-state index contributed by atoms with van der Waals surface area (Å²) in [6.07, 6.45) is -7.00. The van der Waals surface area contributed by atoms with Crippen molar-refractivity contribution in [1.82, 2.24) is 15.6 Å². The number of methoxy groups -OCH3 is 1. The fourth-order valence-corrected chi connectivity index (χ4v) is 4.29. The standard InChI is InChI=1S/C33H39F4N3O7/c1-19(41)17-46-25-13-10-21(14-26(25)45-7)28(42)38-18-32(44,33(35,36)37)27-16-22(31(5,6)40-29(43)47-30(2,3)4)15-24(39-27)20-8-11-23(34)12-9-20/h8-16,19,41,44H,17-18H2,1-7H3,(H,38,42)(H,40,43)/t19-,32?/m1/s1. The average molecular weight is 666 g/mol. The molecule has 0 fully saturated rings. The Labute approximate surface area is 270 Å². The number of benzene rings is 2. The molecule has 0 aliphatic heterocycles. The van der Waals surface area contributed by atoms with Gasteiger partial charge in [0, 0.05) is 11.1 Å². The lowest BCUT2D eigenvalue weighted by atomic mass is 9.88. The third-order valence-electron chi connectivity index (χ3n) is 6.80. The van der Waals surface area contributed by atoms with Crippen molar-refractivity contribution in [3.63, 3.8) is 0 Å². The van der Waals surface area contributed by atoms with Crippen LogP contribution < -0.4 is 20.1 Å². The number of alkyl carbamates (subject to hydrolysis) is 1. The van der Waals surface area contributed by atoms with E-state index in [0.717, 1.165) is 18.2 Å². The van der Waals surface area contributed by atoms with E-state index in [1.165, 1.54) is 64.3 Å². The molecule has 47 heavy (non-hydrogen) atoms. The van der Waals surface area contributed by atoms with Gasteiger partial charge >= 0.3 is 12.3 Å². The molecule has 1 heterocycles. The molecule has 0 radical (unpaired) electrons. The third-order valence-corrected chi connectivity index (χ3v) is 6.80.